The van der Waals surface area contributed by atoms with Gasteiger partial charge in [0.25, 0.3) is 14.2 Å². The lowest BCUT2D eigenvalue weighted by atomic mass is 10.3. The Morgan fingerprint density at radius 2 is 1.93 bits per heavy atom. The van der Waals surface area contributed by atoms with Crippen LogP contribution in [0.3, 0.4) is 0 Å². The maximum absolute atomic E-state index is 11.2. The van der Waals surface area contributed by atoms with Crippen LogP contribution in [0.5, 0.6) is 0 Å². The minimum atomic E-state index is -3.79. The maximum Gasteiger partial charge on any atom is 0.296 e. The quantitative estimate of drug-likeness (QED) is 0.745. The van der Waals surface area contributed by atoms with Gasteiger partial charge in [-0.1, -0.05) is 13.8 Å². The predicted octanol–water partition coefficient (Wildman–Crippen LogP) is 1.57. The van der Waals surface area contributed by atoms with Gasteiger partial charge < -0.3 is 4.57 Å². The van der Waals surface area contributed by atoms with Crippen molar-refractivity contribution >= 4 is 19.7 Å². The molecule has 0 unspecified atom stereocenters. The van der Waals surface area contributed by atoms with Crippen LogP contribution in [0.4, 0.5) is 0 Å². The lowest BCUT2D eigenvalue weighted by Gasteiger charge is -2.05. The fourth-order valence-electron chi connectivity index (χ4n) is 1.36. The highest BCUT2D eigenvalue weighted by atomic mass is 35.7. The molecule has 0 radical (unpaired) electrons. The van der Waals surface area contributed by atoms with Gasteiger partial charge in [0.15, 0.2) is 0 Å². The zero-order valence-corrected chi connectivity index (χ0v) is 10.3. The zero-order valence-electron chi connectivity index (χ0n) is 8.77. The molecule has 1 heterocycles. The van der Waals surface area contributed by atoms with E-state index in [-0.39, 0.29) is 5.16 Å². The van der Waals surface area contributed by atoms with Crippen molar-refractivity contribution in [1.82, 2.24) is 14.8 Å². The molecule has 1 aromatic rings. The highest BCUT2D eigenvalue weighted by Crippen LogP contribution is 2.15. The van der Waals surface area contributed by atoms with Crippen LogP contribution in [0.25, 0.3) is 0 Å². The normalized spacial score (nSPS) is 11.9. The topological polar surface area (TPSA) is 64.8 Å². The molecule has 1 aromatic heterocycles. The van der Waals surface area contributed by atoms with Crippen LogP contribution in [-0.4, -0.2) is 23.2 Å². The van der Waals surface area contributed by atoms with E-state index in [0.717, 1.165) is 12.8 Å². The third-order valence-electron chi connectivity index (χ3n) is 1.93. The summed E-state index contributed by atoms with van der Waals surface area (Å²) < 4.78 is 24.0. The third-order valence-corrected chi connectivity index (χ3v) is 3.08. The van der Waals surface area contributed by atoms with Crippen LogP contribution < -0.4 is 0 Å². The van der Waals surface area contributed by atoms with E-state index in [0.29, 0.717) is 18.8 Å². The summed E-state index contributed by atoms with van der Waals surface area (Å²) >= 11 is 0. The monoisotopic (exact) mass is 251 g/mol. The van der Waals surface area contributed by atoms with Crippen molar-refractivity contribution in [3.63, 3.8) is 0 Å². The standard InChI is InChI=1S/C8H14ClN3O2S/c1-3-5-7-10-11-8(15(9,13)14)12(7)6-4-2/h3-6H2,1-2H3. The Kier molecular flexibility index (Phi) is 4.10. The molecule has 0 fully saturated rings. The summed E-state index contributed by atoms with van der Waals surface area (Å²) in [4.78, 5) is 0. The Bertz CT molecular complexity index is 427. The van der Waals surface area contributed by atoms with Gasteiger partial charge in [-0.25, -0.2) is 8.42 Å². The number of rotatable bonds is 5. The molecule has 0 atom stereocenters. The molecule has 0 bridgehead atoms. The van der Waals surface area contributed by atoms with E-state index in [1.807, 2.05) is 13.8 Å². The van der Waals surface area contributed by atoms with Gasteiger partial charge >= 0.3 is 0 Å². The molecule has 0 aliphatic rings. The van der Waals surface area contributed by atoms with Gasteiger partial charge in [0.1, 0.15) is 5.82 Å². The van der Waals surface area contributed by atoms with Crippen molar-refractivity contribution in [2.45, 2.75) is 44.8 Å². The fourth-order valence-corrected chi connectivity index (χ4v) is 2.30. The second-order valence-corrected chi connectivity index (χ2v) is 5.70. The minimum Gasteiger partial charge on any atom is -0.301 e. The molecule has 0 spiro atoms. The minimum absolute atomic E-state index is 0.144. The van der Waals surface area contributed by atoms with Crippen LogP contribution in [-0.2, 0) is 22.0 Å². The molecule has 0 amide bonds. The number of nitrogens with zero attached hydrogens (tertiary/aromatic N) is 3. The molecule has 0 aliphatic heterocycles. The van der Waals surface area contributed by atoms with Gasteiger partial charge in [-0.3, -0.25) is 0 Å². The Balaban J connectivity index is 3.17. The van der Waals surface area contributed by atoms with Gasteiger partial charge in [-0.05, 0) is 12.8 Å². The summed E-state index contributed by atoms with van der Waals surface area (Å²) in [5.41, 5.74) is 0. The first-order chi connectivity index (χ1) is 7.00. The molecule has 0 aromatic carbocycles. The second kappa shape index (κ2) is 4.94. The van der Waals surface area contributed by atoms with Crippen LogP contribution in [0.15, 0.2) is 5.16 Å². The smallest absolute Gasteiger partial charge is 0.296 e. The fraction of sp³-hybridized carbons (Fsp3) is 0.750. The summed E-state index contributed by atoms with van der Waals surface area (Å²) in [5, 5.41) is 7.31. The van der Waals surface area contributed by atoms with E-state index in [2.05, 4.69) is 10.2 Å². The Labute approximate surface area is 93.9 Å². The summed E-state index contributed by atoms with van der Waals surface area (Å²) in [5.74, 6) is 0.679. The molecule has 0 aliphatic carbocycles. The molecule has 5 nitrogen and oxygen atoms in total. The molecule has 1 rings (SSSR count). The van der Waals surface area contributed by atoms with Crippen molar-refractivity contribution in [2.24, 2.45) is 0 Å². The van der Waals surface area contributed by atoms with Gasteiger partial charge in [-0.2, -0.15) is 0 Å². The average Bonchev–Trinajstić information content (AvgIpc) is 2.49. The lowest BCUT2D eigenvalue weighted by molar-refractivity contribution is 0.554. The van der Waals surface area contributed by atoms with E-state index < -0.39 is 9.05 Å². The van der Waals surface area contributed by atoms with Crippen molar-refractivity contribution in [1.29, 1.82) is 0 Å². The highest BCUT2D eigenvalue weighted by molar-refractivity contribution is 8.13. The van der Waals surface area contributed by atoms with E-state index in [4.69, 9.17) is 10.7 Å². The molecular formula is C8H14ClN3O2S. The highest BCUT2D eigenvalue weighted by Gasteiger charge is 2.21. The SMILES string of the molecule is CCCc1nnc(S(=O)(=O)Cl)n1CCC. The maximum atomic E-state index is 11.2. The average molecular weight is 252 g/mol. The Hall–Kier alpha value is -0.620. The first-order valence-corrected chi connectivity index (χ1v) is 7.18. The number of hydrogen-bond acceptors (Lipinski definition) is 4. The predicted molar refractivity (Wildman–Crippen MR) is 57.3 cm³/mol. The van der Waals surface area contributed by atoms with Crippen LogP contribution >= 0.6 is 10.7 Å². The van der Waals surface area contributed by atoms with Gasteiger partial charge in [-0.15, -0.1) is 10.2 Å². The van der Waals surface area contributed by atoms with Crippen molar-refractivity contribution in [3.8, 4) is 0 Å². The molecule has 7 heteroatoms. The summed E-state index contributed by atoms with van der Waals surface area (Å²) in [7, 11) is 1.47. The van der Waals surface area contributed by atoms with Crippen LogP contribution in [0, 0.1) is 0 Å². The number of aryl methyl sites for hydroxylation is 1. The summed E-state index contributed by atoms with van der Waals surface area (Å²) in [6, 6.07) is 0. The van der Waals surface area contributed by atoms with Crippen molar-refractivity contribution in [3.05, 3.63) is 5.82 Å². The number of aromatic nitrogens is 3. The first-order valence-electron chi connectivity index (χ1n) is 4.87. The van der Waals surface area contributed by atoms with Gasteiger partial charge in [0, 0.05) is 23.6 Å². The van der Waals surface area contributed by atoms with E-state index in [1.54, 1.807) is 4.57 Å². The number of hydrogen-bond donors (Lipinski definition) is 0. The molecule has 0 saturated heterocycles. The van der Waals surface area contributed by atoms with Crippen molar-refractivity contribution in [2.75, 3.05) is 0 Å². The third kappa shape index (κ3) is 2.92. The first kappa shape index (κ1) is 12.4. The molecule has 0 saturated carbocycles. The zero-order chi connectivity index (χ0) is 11.5. The van der Waals surface area contributed by atoms with Crippen LogP contribution in [0.1, 0.15) is 32.5 Å². The molecule has 0 N–H and O–H groups in total. The largest absolute Gasteiger partial charge is 0.301 e. The summed E-state index contributed by atoms with van der Waals surface area (Å²) in [6.07, 6.45) is 2.41. The molecule has 86 valence electrons. The lowest BCUT2D eigenvalue weighted by Crippen LogP contribution is -2.09. The summed E-state index contributed by atoms with van der Waals surface area (Å²) in [6.45, 7) is 4.53. The molecule has 15 heavy (non-hydrogen) atoms. The van der Waals surface area contributed by atoms with E-state index in [1.165, 1.54) is 0 Å². The van der Waals surface area contributed by atoms with Crippen LogP contribution in [0.2, 0.25) is 0 Å². The van der Waals surface area contributed by atoms with Gasteiger partial charge in [0.2, 0.25) is 0 Å². The second-order valence-electron chi connectivity index (χ2n) is 3.24. The number of halogens is 1. The van der Waals surface area contributed by atoms with E-state index >= 15 is 0 Å². The van der Waals surface area contributed by atoms with E-state index in [9.17, 15) is 8.42 Å². The van der Waals surface area contributed by atoms with Crippen molar-refractivity contribution < 1.29 is 8.42 Å². The molecular weight excluding hydrogens is 238 g/mol. The Morgan fingerprint density at radius 1 is 1.27 bits per heavy atom. The van der Waals surface area contributed by atoms with Gasteiger partial charge in [0.05, 0.1) is 0 Å². The Morgan fingerprint density at radius 3 is 2.40 bits per heavy atom.